The van der Waals surface area contributed by atoms with Crippen molar-refractivity contribution in [3.8, 4) is 11.5 Å². The number of benzene rings is 3. The van der Waals surface area contributed by atoms with E-state index in [-0.39, 0.29) is 5.91 Å². The Balaban J connectivity index is 1.83. The summed E-state index contributed by atoms with van der Waals surface area (Å²) < 4.78 is 11.0. The molecule has 0 aliphatic rings. The number of para-hydroxylation sites is 1. The van der Waals surface area contributed by atoms with Gasteiger partial charge in [-0.15, -0.1) is 0 Å². The van der Waals surface area contributed by atoms with E-state index < -0.39 is 0 Å². The number of rotatable bonds is 6. The molecular weight excluding hydrogens is 350 g/mol. The average Bonchev–Trinajstić information content (AvgIpc) is 2.65. The van der Waals surface area contributed by atoms with E-state index in [1.807, 2.05) is 42.5 Å². The van der Waals surface area contributed by atoms with Crippen molar-refractivity contribution in [1.29, 1.82) is 0 Å². The van der Waals surface area contributed by atoms with Crippen LogP contribution in [0.15, 0.2) is 72.8 Å². The highest BCUT2D eigenvalue weighted by atomic mass is 35.5. The maximum absolute atomic E-state index is 12.6. The highest BCUT2D eigenvalue weighted by Gasteiger charge is 2.12. The lowest BCUT2D eigenvalue weighted by molar-refractivity contribution is 0.102. The van der Waals surface area contributed by atoms with Gasteiger partial charge >= 0.3 is 0 Å². The number of amides is 1. The van der Waals surface area contributed by atoms with Crippen molar-refractivity contribution in [3.63, 3.8) is 0 Å². The van der Waals surface area contributed by atoms with Crippen LogP contribution in [0.3, 0.4) is 0 Å². The van der Waals surface area contributed by atoms with Gasteiger partial charge in [0.2, 0.25) is 0 Å². The fourth-order valence-electron chi connectivity index (χ4n) is 2.47. The molecule has 4 nitrogen and oxygen atoms in total. The van der Waals surface area contributed by atoms with E-state index in [0.29, 0.717) is 34.4 Å². The van der Waals surface area contributed by atoms with Gasteiger partial charge < -0.3 is 14.8 Å². The molecule has 0 unspecified atom stereocenters. The largest absolute Gasteiger partial charge is 0.455 e. The maximum atomic E-state index is 12.6. The third-order valence-electron chi connectivity index (χ3n) is 3.66. The van der Waals surface area contributed by atoms with Gasteiger partial charge in [0.25, 0.3) is 5.91 Å². The summed E-state index contributed by atoms with van der Waals surface area (Å²) in [6.07, 6.45) is 0. The number of hydrogen-bond donors (Lipinski definition) is 1. The zero-order chi connectivity index (χ0) is 18.4. The fourth-order valence-corrected chi connectivity index (χ4v) is 2.64. The topological polar surface area (TPSA) is 47.6 Å². The van der Waals surface area contributed by atoms with E-state index in [2.05, 4.69) is 5.32 Å². The molecule has 0 aliphatic heterocycles. The SMILES string of the molecule is COCc1cccc(C(=O)Nc2cc(Cl)ccc2Oc2ccccc2)c1. The van der Waals surface area contributed by atoms with Crippen LogP contribution in [0.5, 0.6) is 11.5 Å². The molecule has 0 saturated carbocycles. The first-order chi connectivity index (χ1) is 12.7. The normalized spacial score (nSPS) is 10.4. The number of carbonyl (C=O) groups is 1. The molecule has 0 bridgehead atoms. The van der Waals surface area contributed by atoms with Crippen molar-refractivity contribution in [3.05, 3.63) is 88.9 Å². The number of nitrogens with one attached hydrogen (secondary N) is 1. The minimum atomic E-state index is -0.247. The summed E-state index contributed by atoms with van der Waals surface area (Å²) in [6, 6.07) is 21.7. The van der Waals surface area contributed by atoms with Crippen LogP contribution >= 0.6 is 11.6 Å². The highest BCUT2D eigenvalue weighted by molar-refractivity contribution is 6.31. The number of hydrogen-bond acceptors (Lipinski definition) is 3. The van der Waals surface area contributed by atoms with Gasteiger partial charge in [-0.3, -0.25) is 4.79 Å². The summed E-state index contributed by atoms with van der Waals surface area (Å²) >= 11 is 6.09. The second-order valence-electron chi connectivity index (χ2n) is 5.64. The van der Waals surface area contributed by atoms with E-state index in [1.165, 1.54) is 0 Å². The molecule has 3 aromatic carbocycles. The Labute approximate surface area is 157 Å². The molecule has 1 amide bonds. The van der Waals surface area contributed by atoms with Gasteiger partial charge in [0.05, 0.1) is 12.3 Å². The monoisotopic (exact) mass is 367 g/mol. The molecule has 0 spiro atoms. The van der Waals surface area contributed by atoms with Crippen molar-refractivity contribution in [2.45, 2.75) is 6.61 Å². The summed E-state index contributed by atoms with van der Waals surface area (Å²) in [5.74, 6) is 0.942. The van der Waals surface area contributed by atoms with E-state index in [9.17, 15) is 4.79 Å². The van der Waals surface area contributed by atoms with Crippen molar-refractivity contribution < 1.29 is 14.3 Å². The van der Waals surface area contributed by atoms with Crippen LogP contribution in [0.1, 0.15) is 15.9 Å². The summed E-state index contributed by atoms with van der Waals surface area (Å²) in [5, 5.41) is 3.38. The van der Waals surface area contributed by atoms with Crippen molar-refractivity contribution >= 4 is 23.2 Å². The van der Waals surface area contributed by atoms with Crippen molar-refractivity contribution in [1.82, 2.24) is 0 Å². The van der Waals surface area contributed by atoms with Crippen LogP contribution in [0, 0.1) is 0 Å². The Hall–Kier alpha value is -2.82. The van der Waals surface area contributed by atoms with Gasteiger partial charge in [0, 0.05) is 17.7 Å². The van der Waals surface area contributed by atoms with E-state index >= 15 is 0 Å². The van der Waals surface area contributed by atoms with Crippen molar-refractivity contribution in [2.24, 2.45) is 0 Å². The molecule has 0 aromatic heterocycles. The Morgan fingerprint density at radius 1 is 1.00 bits per heavy atom. The lowest BCUT2D eigenvalue weighted by atomic mass is 10.1. The molecule has 0 radical (unpaired) electrons. The lowest BCUT2D eigenvalue weighted by Crippen LogP contribution is -2.13. The first kappa shape index (κ1) is 18.0. The smallest absolute Gasteiger partial charge is 0.255 e. The fraction of sp³-hybridized carbons (Fsp3) is 0.0952. The van der Waals surface area contributed by atoms with Gasteiger partial charge in [0.15, 0.2) is 5.75 Å². The van der Waals surface area contributed by atoms with Crippen LogP contribution in [0.4, 0.5) is 5.69 Å². The number of halogens is 1. The van der Waals surface area contributed by atoms with Crippen LogP contribution in [-0.2, 0) is 11.3 Å². The first-order valence-electron chi connectivity index (χ1n) is 8.07. The van der Waals surface area contributed by atoms with Gasteiger partial charge in [-0.2, -0.15) is 0 Å². The van der Waals surface area contributed by atoms with Crippen LogP contribution in [0.2, 0.25) is 5.02 Å². The molecule has 0 heterocycles. The minimum Gasteiger partial charge on any atom is -0.455 e. The van der Waals surface area contributed by atoms with Crippen LogP contribution < -0.4 is 10.1 Å². The molecule has 0 fully saturated rings. The molecule has 0 atom stereocenters. The molecule has 5 heteroatoms. The minimum absolute atomic E-state index is 0.247. The third-order valence-corrected chi connectivity index (χ3v) is 3.90. The van der Waals surface area contributed by atoms with Crippen LogP contribution in [-0.4, -0.2) is 13.0 Å². The van der Waals surface area contributed by atoms with Gasteiger partial charge in [-0.25, -0.2) is 0 Å². The van der Waals surface area contributed by atoms with Crippen LogP contribution in [0.25, 0.3) is 0 Å². The zero-order valence-electron chi connectivity index (χ0n) is 14.2. The summed E-state index contributed by atoms with van der Waals surface area (Å²) in [7, 11) is 1.62. The van der Waals surface area contributed by atoms with E-state index in [1.54, 1.807) is 37.4 Å². The van der Waals surface area contributed by atoms with Crippen molar-refractivity contribution in [2.75, 3.05) is 12.4 Å². The summed E-state index contributed by atoms with van der Waals surface area (Å²) in [5.41, 5.74) is 1.96. The van der Waals surface area contributed by atoms with Gasteiger partial charge in [-0.1, -0.05) is 41.9 Å². The quantitative estimate of drug-likeness (QED) is 0.623. The molecule has 1 N–H and O–H groups in total. The Kier molecular flexibility index (Phi) is 5.89. The zero-order valence-corrected chi connectivity index (χ0v) is 15.0. The molecule has 3 rings (SSSR count). The lowest BCUT2D eigenvalue weighted by Gasteiger charge is -2.13. The van der Waals surface area contributed by atoms with E-state index in [0.717, 1.165) is 5.56 Å². The first-order valence-corrected chi connectivity index (χ1v) is 8.45. The Morgan fingerprint density at radius 3 is 2.58 bits per heavy atom. The molecule has 0 saturated heterocycles. The van der Waals surface area contributed by atoms with Gasteiger partial charge in [0.1, 0.15) is 5.75 Å². The van der Waals surface area contributed by atoms with E-state index in [4.69, 9.17) is 21.1 Å². The standard InChI is InChI=1S/C21H18ClNO3/c1-25-14-15-6-5-7-16(12-15)21(24)23-19-13-17(22)10-11-20(19)26-18-8-3-2-4-9-18/h2-13H,14H2,1H3,(H,23,24). The predicted molar refractivity (Wildman–Crippen MR) is 103 cm³/mol. The highest BCUT2D eigenvalue weighted by Crippen LogP contribution is 2.32. The summed E-state index contributed by atoms with van der Waals surface area (Å²) in [4.78, 5) is 12.6. The second-order valence-corrected chi connectivity index (χ2v) is 6.08. The van der Waals surface area contributed by atoms with Gasteiger partial charge in [-0.05, 0) is 48.0 Å². The number of ether oxygens (including phenoxy) is 2. The maximum Gasteiger partial charge on any atom is 0.255 e. The summed E-state index contributed by atoms with van der Waals surface area (Å²) in [6.45, 7) is 0.445. The predicted octanol–water partition coefficient (Wildman–Crippen LogP) is 5.53. The Bertz CT molecular complexity index is 897. The number of anilines is 1. The molecule has 3 aromatic rings. The third kappa shape index (κ3) is 4.63. The molecule has 132 valence electrons. The molecular formula is C21H18ClNO3. The number of carbonyl (C=O) groups excluding carboxylic acids is 1. The average molecular weight is 368 g/mol. The number of methoxy groups -OCH3 is 1. The second kappa shape index (κ2) is 8.52. The molecule has 26 heavy (non-hydrogen) atoms. The molecule has 0 aliphatic carbocycles. The Morgan fingerprint density at radius 2 is 1.81 bits per heavy atom.